The Morgan fingerprint density at radius 2 is 1.95 bits per heavy atom. The molecule has 0 bridgehead atoms. The van der Waals surface area contributed by atoms with Crippen LogP contribution in [-0.2, 0) is 20.9 Å². The zero-order chi connectivity index (χ0) is 14.1. The summed E-state index contributed by atoms with van der Waals surface area (Å²) in [7, 11) is 1.32. The fourth-order valence-electron chi connectivity index (χ4n) is 1.51. The second kappa shape index (κ2) is 8.13. The molecule has 0 saturated carbocycles. The van der Waals surface area contributed by atoms with Gasteiger partial charge in [0, 0.05) is 6.04 Å². The highest BCUT2D eigenvalue weighted by molar-refractivity contribution is 5.72. The molecule has 0 saturated heterocycles. The van der Waals surface area contributed by atoms with Gasteiger partial charge >= 0.3 is 12.1 Å². The smallest absolute Gasteiger partial charge is 0.407 e. The van der Waals surface area contributed by atoms with Crippen molar-refractivity contribution in [1.29, 1.82) is 0 Å². The van der Waals surface area contributed by atoms with E-state index in [1.165, 1.54) is 7.11 Å². The van der Waals surface area contributed by atoms with E-state index in [1.807, 2.05) is 37.3 Å². The largest absolute Gasteiger partial charge is 0.469 e. The topological polar surface area (TPSA) is 64.6 Å². The van der Waals surface area contributed by atoms with E-state index in [1.54, 1.807) is 0 Å². The number of nitrogens with one attached hydrogen (secondary N) is 1. The van der Waals surface area contributed by atoms with Crippen LogP contribution in [0.3, 0.4) is 0 Å². The van der Waals surface area contributed by atoms with Crippen LogP contribution in [0.1, 0.15) is 25.3 Å². The normalized spacial score (nSPS) is 11.5. The minimum atomic E-state index is -0.528. The Morgan fingerprint density at radius 1 is 1.26 bits per heavy atom. The third-order valence-electron chi connectivity index (χ3n) is 2.67. The molecule has 5 heteroatoms. The lowest BCUT2D eigenvalue weighted by Gasteiger charge is -2.15. The first-order valence-corrected chi connectivity index (χ1v) is 6.19. The molecule has 1 amide bonds. The molecule has 1 aromatic rings. The van der Waals surface area contributed by atoms with Crippen molar-refractivity contribution in [1.82, 2.24) is 5.32 Å². The van der Waals surface area contributed by atoms with E-state index in [0.717, 1.165) is 5.56 Å². The number of carbonyl (C=O) groups is 2. The summed E-state index contributed by atoms with van der Waals surface area (Å²) in [6.45, 7) is 2.09. The highest BCUT2D eigenvalue weighted by atomic mass is 16.5. The van der Waals surface area contributed by atoms with Crippen molar-refractivity contribution < 1.29 is 19.1 Å². The van der Waals surface area contributed by atoms with Gasteiger partial charge in [0.05, 0.1) is 13.5 Å². The lowest BCUT2D eigenvalue weighted by atomic mass is 10.1. The van der Waals surface area contributed by atoms with Crippen LogP contribution in [0.2, 0.25) is 0 Å². The van der Waals surface area contributed by atoms with Crippen LogP contribution >= 0.6 is 0 Å². The lowest BCUT2D eigenvalue weighted by molar-refractivity contribution is -0.141. The van der Waals surface area contributed by atoms with Gasteiger partial charge in [0.1, 0.15) is 6.61 Å². The van der Waals surface area contributed by atoms with E-state index in [4.69, 9.17) is 4.74 Å². The molecular formula is C14H19NO4. The molecule has 1 aromatic carbocycles. The van der Waals surface area contributed by atoms with Crippen molar-refractivity contribution in [2.45, 2.75) is 32.4 Å². The SMILES string of the molecule is CC[C@H](CC(=O)OC)NC(=O)OCc1ccccc1. The van der Waals surface area contributed by atoms with E-state index >= 15 is 0 Å². The van der Waals surface area contributed by atoms with Gasteiger partial charge in [-0.15, -0.1) is 0 Å². The number of rotatable bonds is 6. The van der Waals surface area contributed by atoms with Crippen LogP contribution in [0.15, 0.2) is 30.3 Å². The minimum absolute atomic E-state index is 0.146. The summed E-state index contributed by atoms with van der Waals surface area (Å²) in [5.41, 5.74) is 0.915. The summed E-state index contributed by atoms with van der Waals surface area (Å²) < 4.78 is 9.64. The Labute approximate surface area is 112 Å². The maximum absolute atomic E-state index is 11.6. The fraction of sp³-hybridized carbons (Fsp3) is 0.429. The van der Waals surface area contributed by atoms with E-state index in [0.29, 0.717) is 6.42 Å². The van der Waals surface area contributed by atoms with Crippen molar-refractivity contribution in [2.24, 2.45) is 0 Å². The van der Waals surface area contributed by atoms with E-state index in [2.05, 4.69) is 10.1 Å². The van der Waals surface area contributed by atoms with Gasteiger partial charge in [-0.05, 0) is 12.0 Å². The summed E-state index contributed by atoms with van der Waals surface area (Å²) in [5.74, 6) is -0.352. The summed E-state index contributed by atoms with van der Waals surface area (Å²) in [6.07, 6.45) is 0.253. The van der Waals surface area contributed by atoms with Crippen LogP contribution in [0.25, 0.3) is 0 Å². The number of carbonyl (C=O) groups excluding carboxylic acids is 2. The molecule has 1 N–H and O–H groups in total. The Bertz CT molecular complexity index is 405. The molecule has 0 aromatic heterocycles. The van der Waals surface area contributed by atoms with Crippen molar-refractivity contribution in [2.75, 3.05) is 7.11 Å². The quantitative estimate of drug-likeness (QED) is 0.801. The van der Waals surface area contributed by atoms with Crippen molar-refractivity contribution in [3.05, 3.63) is 35.9 Å². The fourth-order valence-corrected chi connectivity index (χ4v) is 1.51. The van der Waals surface area contributed by atoms with Gasteiger partial charge in [0.15, 0.2) is 0 Å². The number of hydrogen-bond donors (Lipinski definition) is 1. The second-order valence-electron chi connectivity index (χ2n) is 4.09. The summed E-state index contributed by atoms with van der Waals surface area (Å²) in [5, 5.41) is 2.64. The number of methoxy groups -OCH3 is 1. The number of ether oxygens (including phenoxy) is 2. The van der Waals surface area contributed by atoms with Crippen molar-refractivity contribution in [3.63, 3.8) is 0 Å². The van der Waals surface area contributed by atoms with E-state index in [-0.39, 0.29) is 25.0 Å². The molecule has 0 aliphatic rings. The van der Waals surface area contributed by atoms with Crippen LogP contribution in [0, 0.1) is 0 Å². The van der Waals surface area contributed by atoms with Gasteiger partial charge < -0.3 is 14.8 Å². The van der Waals surface area contributed by atoms with Gasteiger partial charge in [-0.1, -0.05) is 37.3 Å². The van der Waals surface area contributed by atoms with Crippen molar-refractivity contribution in [3.8, 4) is 0 Å². The monoisotopic (exact) mass is 265 g/mol. The zero-order valence-corrected chi connectivity index (χ0v) is 11.2. The standard InChI is InChI=1S/C14H19NO4/c1-3-12(9-13(16)18-2)15-14(17)19-10-11-7-5-4-6-8-11/h4-8,12H,3,9-10H2,1-2H3,(H,15,17)/t12-/m1/s1. The molecule has 0 heterocycles. The molecule has 0 spiro atoms. The highest BCUT2D eigenvalue weighted by Crippen LogP contribution is 2.03. The molecule has 5 nitrogen and oxygen atoms in total. The minimum Gasteiger partial charge on any atom is -0.469 e. The molecule has 0 unspecified atom stereocenters. The molecule has 0 fully saturated rings. The lowest BCUT2D eigenvalue weighted by Crippen LogP contribution is -2.36. The summed E-state index contributed by atoms with van der Waals surface area (Å²) in [6, 6.07) is 9.13. The zero-order valence-electron chi connectivity index (χ0n) is 11.2. The van der Waals surface area contributed by atoms with Gasteiger partial charge in [0.25, 0.3) is 0 Å². The molecule has 0 aliphatic heterocycles. The second-order valence-corrected chi connectivity index (χ2v) is 4.09. The molecule has 1 rings (SSSR count). The third-order valence-corrected chi connectivity index (χ3v) is 2.67. The van der Waals surface area contributed by atoms with E-state index in [9.17, 15) is 9.59 Å². The van der Waals surface area contributed by atoms with Crippen LogP contribution < -0.4 is 5.32 Å². The number of benzene rings is 1. The Kier molecular flexibility index (Phi) is 6.43. The molecular weight excluding hydrogens is 246 g/mol. The first kappa shape index (κ1) is 15.0. The number of amides is 1. The third kappa shape index (κ3) is 5.90. The molecule has 0 radical (unpaired) electrons. The average molecular weight is 265 g/mol. The maximum atomic E-state index is 11.6. The van der Waals surface area contributed by atoms with Crippen molar-refractivity contribution >= 4 is 12.1 Å². The van der Waals surface area contributed by atoms with E-state index < -0.39 is 6.09 Å². The Balaban J connectivity index is 2.35. The molecule has 1 atom stereocenters. The number of alkyl carbamates (subject to hydrolysis) is 1. The summed E-state index contributed by atoms with van der Waals surface area (Å²) in [4.78, 5) is 22.7. The van der Waals surface area contributed by atoms with Gasteiger partial charge in [-0.3, -0.25) is 4.79 Å². The Hall–Kier alpha value is -2.04. The average Bonchev–Trinajstić information content (AvgIpc) is 2.45. The predicted octanol–water partition coefficient (Wildman–Crippen LogP) is 2.25. The maximum Gasteiger partial charge on any atom is 0.407 e. The first-order chi connectivity index (χ1) is 9.15. The first-order valence-electron chi connectivity index (χ1n) is 6.19. The Morgan fingerprint density at radius 3 is 2.53 bits per heavy atom. The predicted molar refractivity (Wildman–Crippen MR) is 70.5 cm³/mol. The van der Waals surface area contributed by atoms with Crippen LogP contribution in [-0.4, -0.2) is 25.2 Å². The number of hydrogen-bond acceptors (Lipinski definition) is 4. The van der Waals surface area contributed by atoms with Gasteiger partial charge in [0.2, 0.25) is 0 Å². The number of esters is 1. The van der Waals surface area contributed by atoms with Crippen LogP contribution in [0.5, 0.6) is 0 Å². The highest BCUT2D eigenvalue weighted by Gasteiger charge is 2.15. The molecule has 0 aliphatic carbocycles. The molecule has 104 valence electrons. The molecule has 19 heavy (non-hydrogen) atoms. The van der Waals surface area contributed by atoms with Crippen LogP contribution in [0.4, 0.5) is 4.79 Å². The van der Waals surface area contributed by atoms with Gasteiger partial charge in [-0.25, -0.2) is 4.79 Å². The summed E-state index contributed by atoms with van der Waals surface area (Å²) >= 11 is 0. The van der Waals surface area contributed by atoms with Gasteiger partial charge in [-0.2, -0.15) is 0 Å².